The van der Waals surface area contributed by atoms with Crippen LogP contribution in [0.1, 0.15) is 38.5 Å². The first-order valence-corrected chi connectivity index (χ1v) is 6.40. The number of ether oxygens (including phenoxy) is 1. The lowest BCUT2D eigenvalue weighted by molar-refractivity contribution is -0.0859. The molecule has 1 saturated carbocycles. The molecule has 0 aromatic carbocycles. The van der Waals surface area contributed by atoms with Crippen molar-refractivity contribution >= 4 is 0 Å². The lowest BCUT2D eigenvalue weighted by Crippen LogP contribution is -2.50. The van der Waals surface area contributed by atoms with E-state index in [9.17, 15) is 0 Å². The highest BCUT2D eigenvalue weighted by Gasteiger charge is 2.40. The molecule has 1 atom stereocenters. The molecule has 0 radical (unpaired) electrons. The van der Waals surface area contributed by atoms with Gasteiger partial charge in [-0.05, 0) is 25.7 Å². The zero-order valence-corrected chi connectivity index (χ0v) is 9.82. The number of nitrogens with one attached hydrogen (secondary N) is 1. The van der Waals surface area contributed by atoms with Crippen LogP contribution in [0, 0.1) is 0 Å². The third-order valence-corrected chi connectivity index (χ3v) is 3.92. The first-order valence-electron chi connectivity index (χ1n) is 6.40. The molecule has 0 aromatic heterocycles. The van der Waals surface area contributed by atoms with E-state index in [0.717, 1.165) is 19.4 Å². The summed E-state index contributed by atoms with van der Waals surface area (Å²) in [4.78, 5) is 0. The van der Waals surface area contributed by atoms with Crippen molar-refractivity contribution in [1.29, 1.82) is 0 Å². The minimum atomic E-state index is -0.179. The van der Waals surface area contributed by atoms with Crippen molar-refractivity contribution in [1.82, 2.24) is 5.32 Å². The number of aliphatic hydroxyl groups is 2. The predicted molar refractivity (Wildman–Crippen MR) is 61.3 cm³/mol. The molecule has 1 aliphatic heterocycles. The van der Waals surface area contributed by atoms with Crippen LogP contribution in [0.15, 0.2) is 0 Å². The Labute approximate surface area is 97.0 Å². The summed E-state index contributed by atoms with van der Waals surface area (Å²) in [6.45, 7) is 0.808. The molecule has 1 aliphatic carbocycles. The Morgan fingerprint density at radius 2 is 1.94 bits per heavy atom. The summed E-state index contributed by atoms with van der Waals surface area (Å²) in [6, 6.07) is 0.206. The van der Waals surface area contributed by atoms with Gasteiger partial charge in [-0.1, -0.05) is 12.8 Å². The highest BCUT2D eigenvalue weighted by atomic mass is 16.5. The Morgan fingerprint density at radius 1 is 1.25 bits per heavy atom. The van der Waals surface area contributed by atoms with Crippen molar-refractivity contribution in [2.24, 2.45) is 0 Å². The molecule has 0 amide bonds. The Hall–Kier alpha value is -0.160. The van der Waals surface area contributed by atoms with Gasteiger partial charge in [0.25, 0.3) is 0 Å². The summed E-state index contributed by atoms with van der Waals surface area (Å²) >= 11 is 0. The van der Waals surface area contributed by atoms with E-state index in [4.69, 9.17) is 14.9 Å². The minimum Gasteiger partial charge on any atom is -0.395 e. The molecule has 4 heteroatoms. The molecule has 4 nitrogen and oxygen atoms in total. The quantitative estimate of drug-likeness (QED) is 0.654. The van der Waals surface area contributed by atoms with Crippen LogP contribution >= 0.6 is 0 Å². The van der Waals surface area contributed by atoms with Gasteiger partial charge in [0, 0.05) is 12.6 Å². The highest BCUT2D eigenvalue weighted by Crippen LogP contribution is 2.39. The largest absolute Gasteiger partial charge is 0.395 e. The van der Waals surface area contributed by atoms with E-state index in [2.05, 4.69) is 5.32 Å². The molecule has 0 aromatic rings. The topological polar surface area (TPSA) is 61.7 Å². The van der Waals surface area contributed by atoms with Crippen LogP contribution in [0.5, 0.6) is 0 Å². The van der Waals surface area contributed by atoms with E-state index in [1.807, 2.05) is 0 Å². The first-order chi connectivity index (χ1) is 7.78. The Kier molecular flexibility index (Phi) is 4.19. The summed E-state index contributed by atoms with van der Waals surface area (Å²) in [5.74, 6) is 0. The Morgan fingerprint density at radius 3 is 2.56 bits per heavy atom. The molecule has 94 valence electrons. The maximum atomic E-state index is 9.06. The van der Waals surface area contributed by atoms with Gasteiger partial charge < -0.3 is 20.3 Å². The first kappa shape index (κ1) is 12.3. The molecular weight excluding hydrogens is 206 g/mol. The van der Waals surface area contributed by atoms with Crippen molar-refractivity contribution in [2.75, 3.05) is 19.8 Å². The predicted octanol–water partition coefficient (Wildman–Crippen LogP) is 0.421. The van der Waals surface area contributed by atoms with Gasteiger partial charge in [-0.15, -0.1) is 0 Å². The zero-order valence-electron chi connectivity index (χ0n) is 9.82. The maximum Gasteiger partial charge on any atom is 0.0697 e. The molecule has 2 aliphatic rings. The van der Waals surface area contributed by atoms with Crippen LogP contribution in [0.3, 0.4) is 0 Å². The number of hydrogen-bond acceptors (Lipinski definition) is 4. The number of hydrogen-bond donors (Lipinski definition) is 3. The SMILES string of the molecule is OCC(CO)NC1CCOC2(CCCC2)C1. The molecule has 3 N–H and O–H groups in total. The van der Waals surface area contributed by atoms with E-state index >= 15 is 0 Å². The van der Waals surface area contributed by atoms with Crippen molar-refractivity contribution in [3.63, 3.8) is 0 Å². The van der Waals surface area contributed by atoms with Gasteiger partial charge in [0.1, 0.15) is 0 Å². The van der Waals surface area contributed by atoms with Gasteiger partial charge in [0.15, 0.2) is 0 Å². The van der Waals surface area contributed by atoms with Gasteiger partial charge in [-0.3, -0.25) is 0 Å². The van der Waals surface area contributed by atoms with Crippen LogP contribution in [-0.4, -0.2) is 47.7 Å². The van der Waals surface area contributed by atoms with Crippen LogP contribution in [0.2, 0.25) is 0 Å². The molecular formula is C12H23NO3. The zero-order chi connectivity index (χ0) is 11.4. The molecule has 1 unspecified atom stereocenters. The second-order valence-electron chi connectivity index (χ2n) is 5.16. The molecule has 2 rings (SSSR count). The van der Waals surface area contributed by atoms with Crippen molar-refractivity contribution in [3.8, 4) is 0 Å². The second kappa shape index (κ2) is 5.45. The fourth-order valence-corrected chi connectivity index (χ4v) is 3.03. The molecule has 0 bridgehead atoms. The molecule has 1 heterocycles. The average molecular weight is 229 g/mol. The van der Waals surface area contributed by atoms with Crippen LogP contribution in [-0.2, 0) is 4.74 Å². The van der Waals surface area contributed by atoms with Crippen molar-refractivity contribution in [2.45, 2.75) is 56.2 Å². The average Bonchev–Trinajstić information content (AvgIpc) is 2.74. The highest BCUT2D eigenvalue weighted by molar-refractivity contribution is 4.94. The summed E-state index contributed by atoms with van der Waals surface area (Å²) < 4.78 is 5.94. The van der Waals surface area contributed by atoms with E-state index in [-0.39, 0.29) is 24.9 Å². The van der Waals surface area contributed by atoms with Gasteiger partial charge >= 0.3 is 0 Å². The van der Waals surface area contributed by atoms with Crippen LogP contribution in [0.25, 0.3) is 0 Å². The van der Waals surface area contributed by atoms with E-state index in [1.165, 1.54) is 25.7 Å². The van der Waals surface area contributed by atoms with Crippen molar-refractivity contribution in [3.05, 3.63) is 0 Å². The van der Waals surface area contributed by atoms with Crippen LogP contribution in [0.4, 0.5) is 0 Å². The normalized spacial score (nSPS) is 29.1. The molecule has 1 spiro atoms. The van der Waals surface area contributed by atoms with Gasteiger partial charge in [-0.25, -0.2) is 0 Å². The molecule has 16 heavy (non-hydrogen) atoms. The number of rotatable bonds is 4. The minimum absolute atomic E-state index is 0.000850. The smallest absolute Gasteiger partial charge is 0.0697 e. The fraction of sp³-hybridized carbons (Fsp3) is 1.00. The lowest BCUT2D eigenvalue weighted by Gasteiger charge is -2.39. The van der Waals surface area contributed by atoms with Crippen molar-refractivity contribution < 1.29 is 14.9 Å². The Bertz CT molecular complexity index is 212. The third-order valence-electron chi connectivity index (χ3n) is 3.92. The number of aliphatic hydroxyl groups excluding tert-OH is 2. The van der Waals surface area contributed by atoms with E-state index in [1.54, 1.807) is 0 Å². The summed E-state index contributed by atoms with van der Waals surface area (Å²) in [5.41, 5.74) is 0.103. The summed E-state index contributed by atoms with van der Waals surface area (Å²) in [5, 5.41) is 21.4. The summed E-state index contributed by atoms with van der Waals surface area (Å²) in [6.07, 6.45) is 6.91. The fourth-order valence-electron chi connectivity index (χ4n) is 3.03. The second-order valence-corrected chi connectivity index (χ2v) is 5.16. The standard InChI is InChI=1S/C12H23NO3/c14-8-11(9-15)13-10-3-6-16-12(7-10)4-1-2-5-12/h10-11,13-15H,1-9H2. The molecule has 1 saturated heterocycles. The van der Waals surface area contributed by atoms with Gasteiger partial charge in [-0.2, -0.15) is 0 Å². The monoisotopic (exact) mass is 229 g/mol. The van der Waals surface area contributed by atoms with Gasteiger partial charge in [0.05, 0.1) is 24.9 Å². The van der Waals surface area contributed by atoms with Gasteiger partial charge in [0.2, 0.25) is 0 Å². The lowest BCUT2D eigenvalue weighted by atomic mass is 9.88. The maximum absolute atomic E-state index is 9.06. The van der Waals surface area contributed by atoms with E-state index < -0.39 is 0 Å². The third kappa shape index (κ3) is 2.74. The van der Waals surface area contributed by atoms with Crippen LogP contribution < -0.4 is 5.32 Å². The Balaban J connectivity index is 1.86. The molecule has 2 fully saturated rings. The summed E-state index contributed by atoms with van der Waals surface area (Å²) in [7, 11) is 0. The van der Waals surface area contributed by atoms with E-state index in [0.29, 0.717) is 6.04 Å².